The van der Waals surface area contributed by atoms with Gasteiger partial charge in [-0.2, -0.15) is 0 Å². The molecule has 0 aromatic heterocycles. The number of guanidine groups is 1. The van der Waals surface area contributed by atoms with Crippen molar-refractivity contribution in [3.63, 3.8) is 0 Å². The number of carbonyl (C=O) groups excluding carboxylic acids is 1. The number of benzene rings is 1. The second-order valence-corrected chi connectivity index (χ2v) is 8.94. The normalized spacial score (nSPS) is 21.3. The fraction of sp³-hybridized carbons (Fsp3) is 0.667. The van der Waals surface area contributed by atoms with Crippen molar-refractivity contribution in [2.75, 3.05) is 53.4 Å². The first-order chi connectivity index (χ1) is 15.0. The van der Waals surface area contributed by atoms with Crippen molar-refractivity contribution in [3.8, 4) is 0 Å². The lowest BCUT2D eigenvalue weighted by atomic mass is 10.0. The fourth-order valence-corrected chi connectivity index (χ4v) is 4.47. The van der Waals surface area contributed by atoms with Gasteiger partial charge in [0.05, 0.1) is 0 Å². The van der Waals surface area contributed by atoms with Gasteiger partial charge in [-0.1, -0.05) is 37.3 Å². The van der Waals surface area contributed by atoms with Crippen molar-refractivity contribution in [3.05, 3.63) is 35.9 Å². The number of hydrogen-bond donors (Lipinski definition) is 2. The Morgan fingerprint density at radius 1 is 1.13 bits per heavy atom. The summed E-state index contributed by atoms with van der Waals surface area (Å²) in [5, 5.41) is 7.15. The molecular formula is C24H40N6O. The van der Waals surface area contributed by atoms with Crippen LogP contribution in [0.4, 0.5) is 0 Å². The van der Waals surface area contributed by atoms with Crippen LogP contribution in [-0.2, 0) is 11.3 Å². The average molecular weight is 429 g/mol. The van der Waals surface area contributed by atoms with E-state index >= 15 is 0 Å². The highest BCUT2D eigenvalue weighted by Crippen LogP contribution is 2.16. The Morgan fingerprint density at radius 2 is 1.87 bits per heavy atom. The first-order valence-corrected chi connectivity index (χ1v) is 11.8. The van der Waals surface area contributed by atoms with Gasteiger partial charge in [0, 0.05) is 52.4 Å². The molecule has 0 bridgehead atoms. The van der Waals surface area contributed by atoms with Crippen LogP contribution < -0.4 is 10.6 Å². The third kappa shape index (κ3) is 7.51. The fourth-order valence-electron chi connectivity index (χ4n) is 4.47. The van der Waals surface area contributed by atoms with E-state index in [4.69, 9.17) is 0 Å². The van der Waals surface area contributed by atoms with Gasteiger partial charge in [0.1, 0.15) is 6.54 Å². The number of aliphatic imine (C=N–C) groups is 1. The van der Waals surface area contributed by atoms with Gasteiger partial charge in [-0.25, -0.2) is 4.99 Å². The number of nitrogens with zero attached hydrogens (tertiary/aromatic N) is 4. The molecule has 2 aliphatic rings. The summed E-state index contributed by atoms with van der Waals surface area (Å²) in [6.07, 6.45) is 4.65. The lowest BCUT2D eigenvalue weighted by Gasteiger charge is -2.33. The maximum atomic E-state index is 12.1. The molecule has 0 radical (unpaired) electrons. The number of rotatable bonds is 8. The zero-order valence-corrected chi connectivity index (χ0v) is 19.5. The molecule has 1 atom stereocenters. The molecule has 0 spiro atoms. The smallest absolute Gasteiger partial charge is 0.243 e. The second kappa shape index (κ2) is 12.1. The lowest BCUT2D eigenvalue weighted by Crippen LogP contribution is -2.51. The molecule has 1 amide bonds. The van der Waals surface area contributed by atoms with E-state index in [0.29, 0.717) is 12.1 Å². The molecule has 172 valence electrons. The minimum atomic E-state index is 0.0230. The highest BCUT2D eigenvalue weighted by atomic mass is 16.2. The van der Waals surface area contributed by atoms with Gasteiger partial charge >= 0.3 is 0 Å². The Kier molecular flexibility index (Phi) is 9.15. The van der Waals surface area contributed by atoms with Crippen molar-refractivity contribution in [1.29, 1.82) is 0 Å². The lowest BCUT2D eigenvalue weighted by molar-refractivity contribution is -0.127. The van der Waals surface area contributed by atoms with Gasteiger partial charge < -0.3 is 15.5 Å². The highest BCUT2D eigenvalue weighted by molar-refractivity contribution is 5.85. The molecule has 7 heteroatoms. The predicted octanol–water partition coefficient (Wildman–Crippen LogP) is 1.76. The SMILES string of the molecule is CCN1CCCC1CNC(=NCC(=O)N(C)C)NC1CCN(Cc2ccccc2)CC1. The standard InChI is InChI=1S/C24H40N6O/c1-4-30-14-8-11-22(30)17-25-24(26-18-23(31)28(2)3)27-21-12-15-29(16-13-21)19-20-9-6-5-7-10-20/h5-7,9-10,21-22H,4,8,11-19H2,1-3H3,(H2,25,26,27). The van der Waals surface area contributed by atoms with Crippen LogP contribution >= 0.6 is 0 Å². The first-order valence-electron chi connectivity index (χ1n) is 11.8. The molecule has 2 fully saturated rings. The van der Waals surface area contributed by atoms with Crippen LogP contribution in [0, 0.1) is 0 Å². The number of piperidine rings is 1. The molecular weight excluding hydrogens is 388 g/mol. The molecule has 3 rings (SSSR count). The number of hydrogen-bond acceptors (Lipinski definition) is 4. The van der Waals surface area contributed by atoms with Gasteiger partial charge in [0.15, 0.2) is 5.96 Å². The predicted molar refractivity (Wildman–Crippen MR) is 127 cm³/mol. The van der Waals surface area contributed by atoms with E-state index in [9.17, 15) is 4.79 Å². The summed E-state index contributed by atoms with van der Waals surface area (Å²) in [5.41, 5.74) is 1.37. The van der Waals surface area contributed by atoms with Crippen LogP contribution in [0.3, 0.4) is 0 Å². The van der Waals surface area contributed by atoms with Crippen LogP contribution in [0.15, 0.2) is 35.3 Å². The molecule has 0 aliphatic carbocycles. The minimum absolute atomic E-state index is 0.0230. The van der Waals surface area contributed by atoms with Gasteiger partial charge in [-0.05, 0) is 44.3 Å². The second-order valence-electron chi connectivity index (χ2n) is 8.94. The summed E-state index contributed by atoms with van der Waals surface area (Å²) < 4.78 is 0. The molecule has 1 unspecified atom stereocenters. The number of nitrogens with one attached hydrogen (secondary N) is 2. The van der Waals surface area contributed by atoms with E-state index in [1.165, 1.54) is 24.9 Å². The summed E-state index contributed by atoms with van der Waals surface area (Å²) in [7, 11) is 3.55. The molecule has 2 heterocycles. The topological polar surface area (TPSA) is 63.2 Å². The Balaban J connectivity index is 1.51. The monoisotopic (exact) mass is 428 g/mol. The Hall–Kier alpha value is -2.12. The summed E-state index contributed by atoms with van der Waals surface area (Å²) in [5.74, 6) is 0.800. The number of likely N-dealkylation sites (tertiary alicyclic amines) is 2. The van der Waals surface area contributed by atoms with Crippen LogP contribution in [-0.4, -0.2) is 92.0 Å². The van der Waals surface area contributed by atoms with Gasteiger partial charge in [0.2, 0.25) is 5.91 Å². The molecule has 2 saturated heterocycles. The Morgan fingerprint density at radius 3 is 2.55 bits per heavy atom. The quantitative estimate of drug-likeness (QED) is 0.488. The minimum Gasteiger partial charge on any atom is -0.355 e. The van der Waals surface area contributed by atoms with E-state index in [2.05, 4.69) is 62.7 Å². The summed E-state index contributed by atoms with van der Waals surface area (Å²) >= 11 is 0. The largest absolute Gasteiger partial charge is 0.355 e. The van der Waals surface area contributed by atoms with Gasteiger partial charge in [-0.15, -0.1) is 0 Å². The van der Waals surface area contributed by atoms with E-state index in [1.54, 1.807) is 19.0 Å². The zero-order valence-electron chi connectivity index (χ0n) is 19.5. The molecule has 2 aliphatic heterocycles. The van der Waals surface area contributed by atoms with Gasteiger partial charge in [-0.3, -0.25) is 14.6 Å². The van der Waals surface area contributed by atoms with Crippen LogP contribution in [0.1, 0.15) is 38.2 Å². The summed E-state index contributed by atoms with van der Waals surface area (Å²) in [4.78, 5) is 23.3. The van der Waals surface area contributed by atoms with E-state index < -0.39 is 0 Å². The molecule has 0 saturated carbocycles. The number of likely N-dealkylation sites (N-methyl/N-ethyl adjacent to an activating group) is 2. The Labute approximate surface area is 187 Å². The maximum Gasteiger partial charge on any atom is 0.243 e. The van der Waals surface area contributed by atoms with Crippen LogP contribution in [0.2, 0.25) is 0 Å². The van der Waals surface area contributed by atoms with Crippen molar-refractivity contribution >= 4 is 11.9 Å². The van der Waals surface area contributed by atoms with Crippen molar-refractivity contribution < 1.29 is 4.79 Å². The van der Waals surface area contributed by atoms with Crippen LogP contribution in [0.5, 0.6) is 0 Å². The van der Waals surface area contributed by atoms with Crippen LogP contribution in [0.25, 0.3) is 0 Å². The third-order valence-electron chi connectivity index (χ3n) is 6.46. The van der Waals surface area contributed by atoms with E-state index in [-0.39, 0.29) is 12.5 Å². The number of carbonyl (C=O) groups is 1. The first kappa shape index (κ1) is 23.5. The maximum absolute atomic E-state index is 12.1. The summed E-state index contributed by atoms with van der Waals surface area (Å²) in [6.45, 7) is 8.71. The van der Waals surface area contributed by atoms with Gasteiger partial charge in [0.25, 0.3) is 0 Å². The van der Waals surface area contributed by atoms with Crippen molar-refractivity contribution in [2.45, 2.75) is 51.2 Å². The molecule has 1 aromatic rings. The Bertz CT molecular complexity index is 699. The van der Waals surface area contributed by atoms with E-state index in [0.717, 1.165) is 51.5 Å². The van der Waals surface area contributed by atoms with E-state index in [1.807, 2.05) is 0 Å². The third-order valence-corrected chi connectivity index (χ3v) is 6.46. The molecule has 7 nitrogen and oxygen atoms in total. The van der Waals surface area contributed by atoms with Crippen molar-refractivity contribution in [1.82, 2.24) is 25.3 Å². The molecule has 31 heavy (non-hydrogen) atoms. The number of amides is 1. The highest BCUT2D eigenvalue weighted by Gasteiger charge is 2.24. The zero-order chi connectivity index (χ0) is 22.1. The molecule has 1 aromatic carbocycles. The van der Waals surface area contributed by atoms with Crippen molar-refractivity contribution in [2.24, 2.45) is 4.99 Å². The average Bonchev–Trinajstić information content (AvgIpc) is 3.25. The summed E-state index contributed by atoms with van der Waals surface area (Å²) in [6, 6.07) is 11.6. The molecule has 2 N–H and O–H groups in total.